The number of hydrogen-bond donors (Lipinski definition) is 1. The normalized spacial score (nSPS) is 15.1. The van der Waals surface area contributed by atoms with Crippen molar-refractivity contribution in [2.75, 3.05) is 4.90 Å². The van der Waals surface area contributed by atoms with E-state index in [0.717, 1.165) is 10.5 Å². The van der Waals surface area contributed by atoms with Gasteiger partial charge >= 0.3 is 6.03 Å². The molecule has 0 spiro atoms. The lowest BCUT2D eigenvalue weighted by atomic mass is 10.1. The first kappa shape index (κ1) is 21.0. The summed E-state index contributed by atoms with van der Waals surface area (Å²) in [6.45, 7) is 1.98. The summed E-state index contributed by atoms with van der Waals surface area (Å²) in [6, 6.07) is 19.0. The number of aryl methyl sites for hydroxylation is 1. The molecule has 0 radical (unpaired) electrons. The third-order valence-electron chi connectivity index (χ3n) is 4.94. The molecule has 6 nitrogen and oxygen atoms in total. The third kappa shape index (κ3) is 4.41. The van der Waals surface area contributed by atoms with Gasteiger partial charge in [0.05, 0.1) is 5.69 Å². The third-order valence-corrected chi connectivity index (χ3v) is 4.94. The molecule has 1 saturated heterocycles. The SMILES string of the molecule is Cc1ccccc1N1C(=O)NC(=O)/C(=C\c2ccc(OCc3cccc(F)c3)cc2)C1=O. The molecule has 0 unspecified atom stereocenters. The highest BCUT2D eigenvalue weighted by Gasteiger charge is 2.37. The molecule has 1 aliphatic rings. The first-order valence-corrected chi connectivity index (χ1v) is 9.87. The predicted molar refractivity (Wildman–Crippen MR) is 117 cm³/mol. The van der Waals surface area contributed by atoms with Crippen molar-refractivity contribution in [3.63, 3.8) is 0 Å². The zero-order valence-corrected chi connectivity index (χ0v) is 17.2. The van der Waals surface area contributed by atoms with Crippen molar-refractivity contribution in [3.05, 3.63) is 101 Å². The van der Waals surface area contributed by atoms with Gasteiger partial charge < -0.3 is 4.74 Å². The van der Waals surface area contributed by atoms with E-state index in [-0.39, 0.29) is 18.0 Å². The molecule has 7 heteroatoms. The molecule has 0 aromatic heterocycles. The summed E-state index contributed by atoms with van der Waals surface area (Å²) in [6.07, 6.45) is 1.42. The van der Waals surface area contributed by atoms with Gasteiger partial charge in [0.2, 0.25) is 0 Å². The minimum absolute atomic E-state index is 0.152. The van der Waals surface area contributed by atoms with Crippen LogP contribution >= 0.6 is 0 Å². The number of carbonyl (C=O) groups excluding carboxylic acids is 3. The number of halogens is 1. The molecule has 1 aliphatic heterocycles. The summed E-state index contributed by atoms with van der Waals surface area (Å²) >= 11 is 0. The lowest BCUT2D eigenvalue weighted by Gasteiger charge is -2.27. The molecule has 1 heterocycles. The van der Waals surface area contributed by atoms with E-state index >= 15 is 0 Å². The predicted octanol–water partition coefficient (Wildman–Crippen LogP) is 4.38. The molecular formula is C25H19FN2O4. The standard InChI is InChI=1S/C25H19FN2O4/c1-16-5-2-3-8-22(16)28-24(30)21(23(29)27-25(28)31)14-17-9-11-20(12-10-17)32-15-18-6-4-7-19(26)13-18/h2-14H,15H2,1H3,(H,27,29,31)/b21-14+. The molecule has 4 rings (SSSR count). The van der Waals surface area contributed by atoms with E-state index in [9.17, 15) is 18.8 Å². The average Bonchev–Trinajstić information content (AvgIpc) is 2.77. The summed E-state index contributed by atoms with van der Waals surface area (Å²) < 4.78 is 18.9. The number of carbonyl (C=O) groups is 3. The van der Waals surface area contributed by atoms with Gasteiger partial charge in [-0.3, -0.25) is 14.9 Å². The Morgan fingerprint density at radius 1 is 0.969 bits per heavy atom. The minimum Gasteiger partial charge on any atom is -0.489 e. The molecule has 0 saturated carbocycles. The smallest absolute Gasteiger partial charge is 0.335 e. The van der Waals surface area contributed by atoms with Crippen LogP contribution in [0.25, 0.3) is 6.08 Å². The number of rotatable bonds is 5. The van der Waals surface area contributed by atoms with Crippen LogP contribution in [0, 0.1) is 12.7 Å². The highest BCUT2D eigenvalue weighted by molar-refractivity contribution is 6.39. The zero-order valence-electron chi connectivity index (χ0n) is 17.2. The molecular weight excluding hydrogens is 411 g/mol. The van der Waals surface area contributed by atoms with Gasteiger partial charge in [0, 0.05) is 0 Å². The van der Waals surface area contributed by atoms with E-state index in [2.05, 4.69) is 5.32 Å². The number of benzene rings is 3. The van der Waals surface area contributed by atoms with Crippen LogP contribution in [0.15, 0.2) is 78.4 Å². The molecule has 1 fully saturated rings. The number of para-hydroxylation sites is 1. The Kier molecular flexibility index (Phi) is 5.81. The van der Waals surface area contributed by atoms with Crippen LogP contribution < -0.4 is 15.0 Å². The van der Waals surface area contributed by atoms with Crippen molar-refractivity contribution in [3.8, 4) is 5.75 Å². The maximum Gasteiger partial charge on any atom is 0.335 e. The molecule has 4 amide bonds. The largest absolute Gasteiger partial charge is 0.489 e. The van der Waals surface area contributed by atoms with Gasteiger partial charge in [-0.1, -0.05) is 42.5 Å². The molecule has 0 atom stereocenters. The van der Waals surface area contributed by atoms with Crippen molar-refractivity contribution in [2.24, 2.45) is 0 Å². The number of barbiturate groups is 1. The van der Waals surface area contributed by atoms with Gasteiger partial charge in [0.1, 0.15) is 23.7 Å². The molecule has 0 bridgehead atoms. The van der Waals surface area contributed by atoms with E-state index in [4.69, 9.17) is 4.74 Å². The number of nitrogens with one attached hydrogen (secondary N) is 1. The van der Waals surface area contributed by atoms with E-state index in [1.807, 2.05) is 0 Å². The van der Waals surface area contributed by atoms with E-state index < -0.39 is 17.8 Å². The number of anilines is 1. The quantitative estimate of drug-likeness (QED) is 0.482. The van der Waals surface area contributed by atoms with Crippen LogP contribution in [-0.4, -0.2) is 17.8 Å². The fraction of sp³-hybridized carbons (Fsp3) is 0.0800. The molecule has 3 aromatic carbocycles. The van der Waals surface area contributed by atoms with Gasteiger partial charge in [-0.15, -0.1) is 0 Å². The maximum atomic E-state index is 13.3. The summed E-state index contributed by atoms with van der Waals surface area (Å²) in [7, 11) is 0. The summed E-state index contributed by atoms with van der Waals surface area (Å²) in [5.41, 5.74) is 2.27. The summed E-state index contributed by atoms with van der Waals surface area (Å²) in [5.74, 6) is -1.23. The van der Waals surface area contributed by atoms with Gasteiger partial charge in [-0.05, 0) is 60.0 Å². The Hall–Kier alpha value is -4.26. The van der Waals surface area contributed by atoms with E-state index in [0.29, 0.717) is 22.6 Å². The average molecular weight is 430 g/mol. The van der Waals surface area contributed by atoms with Crippen molar-refractivity contribution in [1.82, 2.24) is 5.32 Å². The molecule has 0 aliphatic carbocycles. The Labute approximate surface area is 183 Å². The Balaban J connectivity index is 1.53. The second-order valence-corrected chi connectivity index (χ2v) is 7.23. The van der Waals surface area contributed by atoms with Crippen molar-refractivity contribution < 1.29 is 23.5 Å². The second-order valence-electron chi connectivity index (χ2n) is 7.23. The summed E-state index contributed by atoms with van der Waals surface area (Å²) in [4.78, 5) is 38.6. The first-order chi connectivity index (χ1) is 15.4. The topological polar surface area (TPSA) is 75.7 Å². The van der Waals surface area contributed by atoms with Crippen molar-refractivity contribution in [2.45, 2.75) is 13.5 Å². The van der Waals surface area contributed by atoms with Gasteiger partial charge in [0.25, 0.3) is 11.8 Å². The zero-order chi connectivity index (χ0) is 22.7. The minimum atomic E-state index is -0.785. The van der Waals surface area contributed by atoms with Gasteiger partial charge in [-0.25, -0.2) is 14.1 Å². The fourth-order valence-corrected chi connectivity index (χ4v) is 3.31. The lowest BCUT2D eigenvalue weighted by molar-refractivity contribution is -0.122. The number of urea groups is 1. The van der Waals surface area contributed by atoms with E-state index in [1.54, 1.807) is 67.6 Å². The van der Waals surface area contributed by atoms with Crippen LogP contribution in [0.2, 0.25) is 0 Å². The molecule has 1 N–H and O–H groups in total. The monoisotopic (exact) mass is 430 g/mol. The lowest BCUT2D eigenvalue weighted by Crippen LogP contribution is -2.54. The fourth-order valence-electron chi connectivity index (χ4n) is 3.31. The maximum absolute atomic E-state index is 13.3. The van der Waals surface area contributed by atoms with Crippen molar-refractivity contribution in [1.29, 1.82) is 0 Å². The Morgan fingerprint density at radius 3 is 2.44 bits per heavy atom. The molecule has 3 aromatic rings. The number of imide groups is 2. The van der Waals surface area contributed by atoms with Crippen molar-refractivity contribution >= 4 is 29.6 Å². The highest BCUT2D eigenvalue weighted by Crippen LogP contribution is 2.25. The highest BCUT2D eigenvalue weighted by atomic mass is 19.1. The number of ether oxygens (including phenoxy) is 1. The van der Waals surface area contributed by atoms with Gasteiger partial charge in [-0.2, -0.15) is 0 Å². The summed E-state index contributed by atoms with van der Waals surface area (Å²) in [5, 5.41) is 2.21. The number of amides is 4. The second kappa shape index (κ2) is 8.85. The molecule has 32 heavy (non-hydrogen) atoms. The van der Waals surface area contributed by atoms with Crippen LogP contribution in [0.3, 0.4) is 0 Å². The van der Waals surface area contributed by atoms with Gasteiger partial charge in [0.15, 0.2) is 0 Å². The van der Waals surface area contributed by atoms with Crippen LogP contribution in [0.4, 0.5) is 14.9 Å². The molecule has 160 valence electrons. The Morgan fingerprint density at radius 2 is 1.72 bits per heavy atom. The van der Waals surface area contributed by atoms with Crippen LogP contribution in [-0.2, 0) is 16.2 Å². The Bertz CT molecular complexity index is 1230. The number of hydrogen-bond acceptors (Lipinski definition) is 4. The van der Waals surface area contributed by atoms with Crippen LogP contribution in [0.1, 0.15) is 16.7 Å². The first-order valence-electron chi connectivity index (χ1n) is 9.87. The van der Waals surface area contributed by atoms with Crippen LogP contribution in [0.5, 0.6) is 5.75 Å². The number of nitrogens with zero attached hydrogens (tertiary/aromatic N) is 1. The van der Waals surface area contributed by atoms with E-state index in [1.165, 1.54) is 18.2 Å².